The van der Waals surface area contributed by atoms with Gasteiger partial charge in [-0.15, -0.1) is 0 Å². The molecule has 1 heterocycles. The van der Waals surface area contributed by atoms with Crippen molar-refractivity contribution < 1.29 is 9.59 Å². The molecule has 1 aliphatic rings. The number of Topliss-reactive ketones (excluding diaryl/α,β-unsaturated/α-hetero) is 1. The van der Waals surface area contributed by atoms with Gasteiger partial charge in [0.15, 0.2) is 5.78 Å². The number of benzene rings is 2. The molecule has 0 bridgehead atoms. The standard InChI is InChI=1S/C25H33N3O2/c1-19(25(30)26-23-13-11-22(12-14-23)20(2)29)28-16-7-10-24(15-17-28)27(3)18-21-8-5-4-6-9-21/h4-6,8-9,11-14,19,24H,7,10,15-18H2,1-3H3,(H,26,30)/t19-,24+/m1/s1. The summed E-state index contributed by atoms with van der Waals surface area (Å²) in [7, 11) is 2.20. The smallest absolute Gasteiger partial charge is 0.241 e. The molecule has 1 N–H and O–H groups in total. The van der Waals surface area contributed by atoms with Crippen molar-refractivity contribution >= 4 is 17.4 Å². The lowest BCUT2D eigenvalue weighted by Gasteiger charge is -2.29. The maximum absolute atomic E-state index is 12.8. The van der Waals surface area contributed by atoms with Crippen molar-refractivity contribution in [2.45, 2.75) is 51.7 Å². The summed E-state index contributed by atoms with van der Waals surface area (Å²) in [4.78, 5) is 28.9. The maximum Gasteiger partial charge on any atom is 0.241 e. The monoisotopic (exact) mass is 407 g/mol. The molecule has 2 aromatic rings. The molecule has 0 saturated carbocycles. The number of nitrogens with one attached hydrogen (secondary N) is 1. The normalized spacial score (nSPS) is 18.6. The third-order valence-corrected chi connectivity index (χ3v) is 6.12. The van der Waals surface area contributed by atoms with E-state index in [4.69, 9.17) is 0 Å². The van der Waals surface area contributed by atoms with Crippen LogP contribution in [0.3, 0.4) is 0 Å². The molecule has 2 aromatic carbocycles. The van der Waals surface area contributed by atoms with E-state index in [2.05, 4.69) is 52.5 Å². The first-order valence-electron chi connectivity index (χ1n) is 10.8. The van der Waals surface area contributed by atoms with Crippen LogP contribution in [0, 0.1) is 0 Å². The topological polar surface area (TPSA) is 52.7 Å². The number of rotatable bonds is 7. The van der Waals surface area contributed by atoms with E-state index in [1.54, 1.807) is 31.2 Å². The van der Waals surface area contributed by atoms with E-state index < -0.39 is 0 Å². The van der Waals surface area contributed by atoms with Crippen LogP contribution in [-0.4, -0.2) is 53.7 Å². The molecule has 30 heavy (non-hydrogen) atoms. The molecular weight excluding hydrogens is 374 g/mol. The molecule has 1 saturated heterocycles. The van der Waals surface area contributed by atoms with Crippen LogP contribution in [0.25, 0.3) is 0 Å². The van der Waals surface area contributed by atoms with E-state index in [0.717, 1.165) is 44.6 Å². The molecule has 0 unspecified atom stereocenters. The average molecular weight is 408 g/mol. The zero-order valence-electron chi connectivity index (χ0n) is 18.3. The van der Waals surface area contributed by atoms with E-state index in [9.17, 15) is 9.59 Å². The Hall–Kier alpha value is -2.50. The van der Waals surface area contributed by atoms with E-state index >= 15 is 0 Å². The van der Waals surface area contributed by atoms with Gasteiger partial charge in [-0.25, -0.2) is 0 Å². The summed E-state index contributed by atoms with van der Waals surface area (Å²) >= 11 is 0. The van der Waals surface area contributed by atoms with Gasteiger partial charge in [0.1, 0.15) is 0 Å². The minimum absolute atomic E-state index is 0.00154. The summed E-state index contributed by atoms with van der Waals surface area (Å²) in [6.45, 7) is 6.33. The highest BCUT2D eigenvalue weighted by Gasteiger charge is 2.26. The van der Waals surface area contributed by atoms with Crippen LogP contribution in [-0.2, 0) is 11.3 Å². The number of likely N-dealkylation sites (tertiary alicyclic amines) is 1. The quantitative estimate of drug-likeness (QED) is 0.699. The van der Waals surface area contributed by atoms with E-state index in [1.807, 2.05) is 6.92 Å². The number of amides is 1. The number of ketones is 1. The van der Waals surface area contributed by atoms with Crippen molar-refractivity contribution in [3.8, 4) is 0 Å². The Morgan fingerprint density at radius 2 is 1.77 bits per heavy atom. The highest BCUT2D eigenvalue weighted by Crippen LogP contribution is 2.20. The molecule has 3 rings (SSSR count). The summed E-state index contributed by atoms with van der Waals surface area (Å²) in [5.41, 5.74) is 2.72. The number of hydrogen-bond donors (Lipinski definition) is 1. The summed E-state index contributed by atoms with van der Waals surface area (Å²) in [5, 5.41) is 2.99. The Labute approximate surface area is 180 Å². The van der Waals surface area contributed by atoms with Crippen molar-refractivity contribution in [3.63, 3.8) is 0 Å². The fourth-order valence-corrected chi connectivity index (χ4v) is 4.13. The predicted octanol–water partition coefficient (Wildman–Crippen LogP) is 4.20. The minimum atomic E-state index is -0.185. The molecule has 0 aliphatic carbocycles. The van der Waals surface area contributed by atoms with Crippen molar-refractivity contribution in [2.75, 3.05) is 25.5 Å². The fraction of sp³-hybridized carbons (Fsp3) is 0.440. The van der Waals surface area contributed by atoms with Crippen LogP contribution in [0.5, 0.6) is 0 Å². The van der Waals surface area contributed by atoms with Crippen LogP contribution in [0.15, 0.2) is 54.6 Å². The van der Waals surface area contributed by atoms with Crippen LogP contribution >= 0.6 is 0 Å². The first-order chi connectivity index (χ1) is 14.4. The van der Waals surface area contributed by atoms with E-state index in [-0.39, 0.29) is 17.7 Å². The van der Waals surface area contributed by atoms with Gasteiger partial charge in [-0.05, 0) is 76.5 Å². The van der Waals surface area contributed by atoms with E-state index in [1.165, 1.54) is 5.56 Å². The van der Waals surface area contributed by atoms with Gasteiger partial charge in [0.25, 0.3) is 0 Å². The molecular formula is C25H33N3O2. The van der Waals surface area contributed by atoms with Gasteiger partial charge in [0.05, 0.1) is 6.04 Å². The third kappa shape index (κ3) is 6.00. The molecule has 2 atom stereocenters. The predicted molar refractivity (Wildman–Crippen MR) is 122 cm³/mol. The third-order valence-electron chi connectivity index (χ3n) is 6.12. The highest BCUT2D eigenvalue weighted by atomic mass is 16.2. The summed E-state index contributed by atoms with van der Waals surface area (Å²) < 4.78 is 0. The minimum Gasteiger partial charge on any atom is -0.325 e. The highest BCUT2D eigenvalue weighted by molar-refractivity contribution is 5.96. The lowest BCUT2D eigenvalue weighted by molar-refractivity contribution is -0.120. The van der Waals surface area contributed by atoms with Crippen molar-refractivity contribution in [1.82, 2.24) is 9.80 Å². The van der Waals surface area contributed by atoms with Crippen molar-refractivity contribution in [1.29, 1.82) is 0 Å². The van der Waals surface area contributed by atoms with E-state index in [0.29, 0.717) is 11.6 Å². The van der Waals surface area contributed by atoms with Crippen molar-refractivity contribution in [2.24, 2.45) is 0 Å². The van der Waals surface area contributed by atoms with Crippen LogP contribution in [0.2, 0.25) is 0 Å². The molecule has 0 spiro atoms. The Balaban J connectivity index is 1.52. The molecule has 160 valence electrons. The van der Waals surface area contributed by atoms with Gasteiger partial charge in [-0.1, -0.05) is 30.3 Å². The lowest BCUT2D eigenvalue weighted by atomic mass is 10.1. The molecule has 0 radical (unpaired) electrons. The van der Waals surface area contributed by atoms with Gasteiger partial charge < -0.3 is 5.32 Å². The number of carbonyl (C=O) groups excluding carboxylic acids is 2. The first-order valence-corrected chi connectivity index (χ1v) is 10.8. The molecule has 5 nitrogen and oxygen atoms in total. The Morgan fingerprint density at radius 1 is 1.07 bits per heavy atom. The molecule has 1 fully saturated rings. The second kappa shape index (κ2) is 10.5. The van der Waals surface area contributed by atoms with Gasteiger partial charge in [-0.2, -0.15) is 0 Å². The summed E-state index contributed by atoms with van der Waals surface area (Å²) in [6.07, 6.45) is 3.31. The van der Waals surface area contributed by atoms with Gasteiger partial charge >= 0.3 is 0 Å². The zero-order valence-corrected chi connectivity index (χ0v) is 18.3. The molecule has 1 aliphatic heterocycles. The average Bonchev–Trinajstić information content (AvgIpc) is 3.00. The number of nitrogens with zero attached hydrogens (tertiary/aromatic N) is 2. The van der Waals surface area contributed by atoms with Gasteiger partial charge in [0.2, 0.25) is 5.91 Å². The number of hydrogen-bond acceptors (Lipinski definition) is 4. The maximum atomic E-state index is 12.8. The SMILES string of the molecule is CC(=O)c1ccc(NC(=O)[C@@H](C)N2CCC[C@H](N(C)Cc3ccccc3)CC2)cc1. The van der Waals surface area contributed by atoms with Gasteiger partial charge in [0, 0.05) is 30.4 Å². The second-order valence-corrected chi connectivity index (χ2v) is 8.32. The molecule has 5 heteroatoms. The summed E-state index contributed by atoms with van der Waals surface area (Å²) in [6, 6.07) is 18.0. The van der Waals surface area contributed by atoms with Crippen LogP contribution < -0.4 is 5.32 Å². The van der Waals surface area contributed by atoms with Crippen LogP contribution in [0.4, 0.5) is 5.69 Å². The van der Waals surface area contributed by atoms with Crippen LogP contribution in [0.1, 0.15) is 49.0 Å². The Morgan fingerprint density at radius 3 is 2.43 bits per heavy atom. The largest absolute Gasteiger partial charge is 0.325 e. The fourth-order valence-electron chi connectivity index (χ4n) is 4.13. The first kappa shape index (κ1) is 22.2. The second-order valence-electron chi connectivity index (χ2n) is 8.32. The number of anilines is 1. The Kier molecular flexibility index (Phi) is 7.77. The number of carbonyl (C=O) groups is 2. The summed E-state index contributed by atoms with van der Waals surface area (Å²) in [5.74, 6) is 0.0271. The Bertz CT molecular complexity index is 835. The lowest BCUT2D eigenvalue weighted by Crippen LogP contribution is -2.43. The molecule has 0 aromatic heterocycles. The molecule has 1 amide bonds. The zero-order chi connectivity index (χ0) is 21.5. The van der Waals surface area contributed by atoms with Crippen molar-refractivity contribution in [3.05, 3.63) is 65.7 Å². The van der Waals surface area contributed by atoms with Gasteiger partial charge in [-0.3, -0.25) is 19.4 Å².